The van der Waals surface area contributed by atoms with Crippen molar-refractivity contribution >= 4 is 40.3 Å². The average molecular weight is 324 g/mol. The highest BCUT2D eigenvalue weighted by atomic mass is 32.2. The molecule has 0 spiro atoms. The summed E-state index contributed by atoms with van der Waals surface area (Å²) in [6.45, 7) is 1.77. The molecule has 0 N–H and O–H groups in total. The maximum absolute atomic E-state index is 12.3. The number of hydrogen-bond donors (Lipinski definition) is 0. The average Bonchev–Trinajstić information content (AvgIpc) is 3.09. The van der Waals surface area contributed by atoms with Crippen molar-refractivity contribution in [3.63, 3.8) is 0 Å². The number of thiophene rings is 2. The molecule has 0 aliphatic carbocycles. The summed E-state index contributed by atoms with van der Waals surface area (Å²) in [5, 5.41) is 6.81. The van der Waals surface area contributed by atoms with Crippen molar-refractivity contribution in [3.05, 3.63) is 44.8 Å². The van der Waals surface area contributed by atoms with E-state index < -0.39 is 0 Å². The first-order valence-electron chi connectivity index (χ1n) is 6.77. The van der Waals surface area contributed by atoms with E-state index in [0.717, 1.165) is 30.8 Å². The minimum atomic E-state index is 0.274. The van der Waals surface area contributed by atoms with Crippen molar-refractivity contribution in [2.75, 3.05) is 18.8 Å². The fourth-order valence-corrected chi connectivity index (χ4v) is 5.31. The zero-order valence-corrected chi connectivity index (χ0v) is 13.6. The molecule has 20 heavy (non-hydrogen) atoms. The summed E-state index contributed by atoms with van der Waals surface area (Å²) in [6.07, 6.45) is 1.62. The molecule has 2 nitrogen and oxygen atoms in total. The second-order valence-corrected chi connectivity index (χ2v) is 7.92. The van der Waals surface area contributed by atoms with Crippen LogP contribution in [0.25, 0.3) is 0 Å². The molecule has 106 valence electrons. The van der Waals surface area contributed by atoms with Crippen molar-refractivity contribution in [1.29, 1.82) is 0 Å². The van der Waals surface area contributed by atoms with Gasteiger partial charge in [-0.05, 0) is 40.3 Å². The van der Waals surface area contributed by atoms with E-state index in [-0.39, 0.29) is 5.91 Å². The van der Waals surface area contributed by atoms with Gasteiger partial charge in [-0.3, -0.25) is 4.79 Å². The van der Waals surface area contributed by atoms with Crippen molar-refractivity contribution < 1.29 is 4.79 Å². The third-order valence-corrected chi connectivity index (χ3v) is 6.67. The Labute approximate surface area is 131 Å². The van der Waals surface area contributed by atoms with Gasteiger partial charge in [-0.1, -0.05) is 6.07 Å². The fraction of sp³-hybridized carbons (Fsp3) is 0.400. The Balaban J connectivity index is 1.58. The van der Waals surface area contributed by atoms with Gasteiger partial charge in [-0.25, -0.2) is 0 Å². The molecule has 0 saturated carbocycles. The minimum Gasteiger partial charge on any atom is -0.342 e. The molecule has 1 saturated heterocycles. The van der Waals surface area contributed by atoms with E-state index in [9.17, 15) is 4.79 Å². The van der Waals surface area contributed by atoms with Gasteiger partial charge in [0.2, 0.25) is 5.91 Å². The SMILES string of the molecule is O=C(Cc1ccsc1)N1CCS[C@@H](c2cccs2)CC1. The second kappa shape index (κ2) is 6.78. The predicted molar refractivity (Wildman–Crippen MR) is 88.7 cm³/mol. The molecule has 2 aromatic rings. The van der Waals surface area contributed by atoms with Crippen LogP contribution < -0.4 is 0 Å². The molecule has 1 aliphatic rings. The van der Waals surface area contributed by atoms with Crippen LogP contribution in [0, 0.1) is 0 Å². The van der Waals surface area contributed by atoms with Crippen LogP contribution in [0.4, 0.5) is 0 Å². The Bertz CT molecular complexity index is 535. The molecule has 1 amide bonds. The summed E-state index contributed by atoms with van der Waals surface area (Å²) in [7, 11) is 0. The van der Waals surface area contributed by atoms with Crippen LogP contribution in [0.15, 0.2) is 34.3 Å². The molecule has 0 aromatic carbocycles. The van der Waals surface area contributed by atoms with E-state index >= 15 is 0 Å². The van der Waals surface area contributed by atoms with Gasteiger partial charge in [-0.15, -0.1) is 11.3 Å². The van der Waals surface area contributed by atoms with E-state index in [2.05, 4.69) is 22.9 Å². The molecule has 0 radical (unpaired) electrons. The minimum absolute atomic E-state index is 0.274. The number of amides is 1. The maximum Gasteiger partial charge on any atom is 0.227 e. The monoisotopic (exact) mass is 323 g/mol. The van der Waals surface area contributed by atoms with E-state index in [1.54, 1.807) is 11.3 Å². The third-order valence-electron chi connectivity index (χ3n) is 3.49. The first-order chi connectivity index (χ1) is 9.83. The fourth-order valence-electron chi connectivity index (χ4n) is 2.40. The summed E-state index contributed by atoms with van der Waals surface area (Å²) in [5.41, 5.74) is 1.15. The van der Waals surface area contributed by atoms with Crippen LogP contribution in [-0.4, -0.2) is 29.6 Å². The van der Waals surface area contributed by atoms with Crippen LogP contribution in [0.2, 0.25) is 0 Å². The lowest BCUT2D eigenvalue weighted by atomic mass is 10.2. The van der Waals surface area contributed by atoms with Crippen LogP contribution in [0.1, 0.15) is 22.1 Å². The summed E-state index contributed by atoms with van der Waals surface area (Å²) in [5.74, 6) is 1.31. The van der Waals surface area contributed by atoms with Gasteiger partial charge in [-0.2, -0.15) is 23.1 Å². The second-order valence-electron chi connectivity index (χ2n) is 4.85. The van der Waals surface area contributed by atoms with Crippen molar-refractivity contribution in [2.45, 2.75) is 18.1 Å². The topological polar surface area (TPSA) is 20.3 Å². The number of thioether (sulfide) groups is 1. The molecule has 1 aliphatic heterocycles. The molecule has 5 heteroatoms. The van der Waals surface area contributed by atoms with Gasteiger partial charge in [0.15, 0.2) is 0 Å². The summed E-state index contributed by atoms with van der Waals surface area (Å²) in [4.78, 5) is 15.8. The number of hydrogen-bond acceptors (Lipinski definition) is 4. The highest BCUT2D eigenvalue weighted by Gasteiger charge is 2.22. The molecule has 1 atom stereocenters. The predicted octanol–water partition coefficient (Wildman–Crippen LogP) is 4.06. The molecular formula is C15H17NOS3. The lowest BCUT2D eigenvalue weighted by Gasteiger charge is -2.20. The van der Waals surface area contributed by atoms with Crippen LogP contribution in [0.5, 0.6) is 0 Å². The Morgan fingerprint density at radius 1 is 1.30 bits per heavy atom. The number of carbonyl (C=O) groups is 1. The highest BCUT2D eigenvalue weighted by molar-refractivity contribution is 7.99. The van der Waals surface area contributed by atoms with Gasteiger partial charge in [0, 0.05) is 29.0 Å². The van der Waals surface area contributed by atoms with E-state index in [1.807, 2.05) is 39.4 Å². The number of carbonyl (C=O) groups excluding carboxylic acids is 1. The van der Waals surface area contributed by atoms with Crippen LogP contribution in [0.3, 0.4) is 0 Å². The smallest absolute Gasteiger partial charge is 0.227 e. The molecule has 2 aromatic heterocycles. The van der Waals surface area contributed by atoms with E-state index in [1.165, 1.54) is 4.88 Å². The van der Waals surface area contributed by atoms with Gasteiger partial charge < -0.3 is 4.90 Å². The molecule has 0 unspecified atom stereocenters. The molecule has 0 bridgehead atoms. The Morgan fingerprint density at radius 3 is 3.00 bits per heavy atom. The van der Waals surface area contributed by atoms with Crippen molar-refractivity contribution in [1.82, 2.24) is 4.90 Å². The largest absolute Gasteiger partial charge is 0.342 e. The lowest BCUT2D eigenvalue weighted by Crippen LogP contribution is -2.34. The molecule has 1 fully saturated rings. The zero-order chi connectivity index (χ0) is 13.8. The van der Waals surface area contributed by atoms with Gasteiger partial charge in [0.25, 0.3) is 0 Å². The maximum atomic E-state index is 12.3. The van der Waals surface area contributed by atoms with Gasteiger partial charge in [0.1, 0.15) is 0 Å². The van der Waals surface area contributed by atoms with Crippen LogP contribution >= 0.6 is 34.4 Å². The van der Waals surface area contributed by atoms with Crippen LogP contribution in [-0.2, 0) is 11.2 Å². The Hall–Kier alpha value is -0.780. The quantitative estimate of drug-likeness (QED) is 0.849. The molecule has 3 rings (SSSR count). The number of rotatable bonds is 3. The molecular weight excluding hydrogens is 306 g/mol. The molecule has 3 heterocycles. The normalized spacial score (nSPS) is 19.8. The van der Waals surface area contributed by atoms with E-state index in [4.69, 9.17) is 0 Å². The third kappa shape index (κ3) is 3.45. The Kier molecular flexibility index (Phi) is 4.81. The van der Waals surface area contributed by atoms with E-state index in [0.29, 0.717) is 11.7 Å². The standard InChI is InChI=1S/C15H17NOS3/c17-15(10-12-4-8-18-11-12)16-5-3-14(20-9-6-16)13-2-1-7-19-13/h1-2,4,7-8,11,14H,3,5-6,9-10H2/t14-/m1/s1. The first kappa shape index (κ1) is 14.2. The lowest BCUT2D eigenvalue weighted by molar-refractivity contribution is -0.130. The van der Waals surface area contributed by atoms with Crippen molar-refractivity contribution in [2.24, 2.45) is 0 Å². The number of nitrogens with zero attached hydrogens (tertiary/aromatic N) is 1. The van der Waals surface area contributed by atoms with Crippen molar-refractivity contribution in [3.8, 4) is 0 Å². The summed E-state index contributed by atoms with van der Waals surface area (Å²) < 4.78 is 0. The Morgan fingerprint density at radius 2 is 2.25 bits per heavy atom. The zero-order valence-electron chi connectivity index (χ0n) is 11.2. The summed E-state index contributed by atoms with van der Waals surface area (Å²) >= 11 is 5.48. The first-order valence-corrected chi connectivity index (χ1v) is 9.64. The highest BCUT2D eigenvalue weighted by Crippen LogP contribution is 2.36. The summed E-state index contributed by atoms with van der Waals surface area (Å²) in [6, 6.07) is 6.37. The van der Waals surface area contributed by atoms with Gasteiger partial charge in [0.05, 0.1) is 6.42 Å². The van der Waals surface area contributed by atoms with Gasteiger partial charge >= 0.3 is 0 Å².